The summed E-state index contributed by atoms with van der Waals surface area (Å²) >= 11 is 0. The lowest BCUT2D eigenvalue weighted by Gasteiger charge is -2.31. The molecule has 2 N–H and O–H groups in total. The second-order valence-electron chi connectivity index (χ2n) is 9.61. The Morgan fingerprint density at radius 2 is 1.76 bits per heavy atom. The van der Waals surface area contributed by atoms with Crippen LogP contribution < -0.4 is 10.9 Å². The number of hydrogen-bond acceptors (Lipinski definition) is 7. The monoisotopic (exact) mass is 533 g/mol. The number of sulfonamides is 1. The van der Waals surface area contributed by atoms with Gasteiger partial charge in [0, 0.05) is 36.8 Å². The predicted molar refractivity (Wildman–Crippen MR) is 134 cm³/mol. The van der Waals surface area contributed by atoms with E-state index in [9.17, 15) is 27.1 Å². The molecule has 2 aromatic heterocycles. The van der Waals surface area contributed by atoms with Crippen molar-refractivity contribution in [3.63, 3.8) is 0 Å². The second-order valence-corrected chi connectivity index (χ2v) is 11.5. The number of fused-ring (bicyclic) bond motifs is 1. The van der Waals surface area contributed by atoms with Crippen molar-refractivity contribution in [3.05, 3.63) is 58.0 Å². The van der Waals surface area contributed by atoms with E-state index in [1.807, 2.05) is 0 Å². The average Bonchev–Trinajstić information content (AvgIpc) is 3.43. The van der Waals surface area contributed by atoms with Gasteiger partial charge in [0.1, 0.15) is 5.65 Å². The maximum absolute atomic E-state index is 13.5. The number of nitrogens with one attached hydrogen (secondary N) is 1. The zero-order valence-electron chi connectivity index (χ0n) is 20.2. The van der Waals surface area contributed by atoms with Crippen molar-refractivity contribution in [2.24, 2.45) is 0 Å². The van der Waals surface area contributed by atoms with Crippen molar-refractivity contribution in [2.75, 3.05) is 18.4 Å². The Hall–Kier alpha value is -2.96. The van der Waals surface area contributed by atoms with Gasteiger partial charge in [-0.2, -0.15) is 9.29 Å². The molecule has 2 aliphatic rings. The number of aliphatic hydroxyl groups excluding tert-OH is 1. The molecule has 198 valence electrons. The minimum Gasteiger partial charge on any atom is -0.392 e. The summed E-state index contributed by atoms with van der Waals surface area (Å²) in [5.74, 6) is 0.282. The second kappa shape index (κ2) is 10.4. The first-order valence-electron chi connectivity index (χ1n) is 12.4. The molecule has 5 rings (SSSR count). The first-order valence-corrected chi connectivity index (χ1v) is 13.9. The van der Waals surface area contributed by atoms with Crippen LogP contribution in [0.2, 0.25) is 0 Å². The van der Waals surface area contributed by atoms with E-state index in [2.05, 4.69) is 15.3 Å². The molecule has 12 heteroatoms. The smallest absolute Gasteiger partial charge is 0.269 e. The molecule has 3 heterocycles. The van der Waals surface area contributed by atoms with Gasteiger partial charge < -0.3 is 10.4 Å². The average molecular weight is 534 g/mol. The lowest BCUT2D eigenvalue weighted by Crippen LogP contribution is -2.42. The van der Waals surface area contributed by atoms with Crippen molar-refractivity contribution in [1.29, 1.82) is 0 Å². The molecule has 0 unspecified atom stereocenters. The van der Waals surface area contributed by atoms with Crippen LogP contribution in [0.1, 0.15) is 62.1 Å². The molecule has 1 aliphatic carbocycles. The van der Waals surface area contributed by atoms with Crippen molar-refractivity contribution in [1.82, 2.24) is 18.8 Å². The van der Waals surface area contributed by atoms with Crippen LogP contribution in [0.4, 0.5) is 14.7 Å². The number of alkyl halides is 2. The maximum atomic E-state index is 13.5. The number of pyridine rings is 1. The molecule has 3 aromatic rings. The molecule has 0 amide bonds. The molecule has 1 aromatic carbocycles. The Kier molecular flexibility index (Phi) is 7.24. The van der Waals surface area contributed by atoms with E-state index in [1.165, 1.54) is 33.3 Å². The van der Waals surface area contributed by atoms with E-state index in [-0.39, 0.29) is 29.5 Å². The zero-order chi connectivity index (χ0) is 26.2. The molecule has 9 nitrogen and oxygen atoms in total. The summed E-state index contributed by atoms with van der Waals surface area (Å²) in [5.41, 5.74) is -0.265. The third-order valence-electron chi connectivity index (χ3n) is 7.26. The van der Waals surface area contributed by atoms with Crippen LogP contribution in [-0.4, -0.2) is 51.5 Å². The first kappa shape index (κ1) is 25.7. The van der Waals surface area contributed by atoms with Gasteiger partial charge in [-0.15, -0.1) is 0 Å². The van der Waals surface area contributed by atoms with Crippen molar-refractivity contribution in [2.45, 2.75) is 68.5 Å². The van der Waals surface area contributed by atoms with Gasteiger partial charge in [0.15, 0.2) is 0 Å². The number of nitrogens with zero attached hydrogens (tertiary/aromatic N) is 4. The van der Waals surface area contributed by atoms with Crippen LogP contribution in [0.3, 0.4) is 0 Å². The molecule has 0 atom stereocenters. The zero-order valence-corrected chi connectivity index (χ0v) is 21.0. The molecular weight excluding hydrogens is 504 g/mol. The number of aromatic nitrogens is 3. The lowest BCUT2D eigenvalue weighted by atomic mass is 10.1. The van der Waals surface area contributed by atoms with Gasteiger partial charge in [0.05, 0.1) is 17.1 Å². The Labute approximate surface area is 213 Å². The van der Waals surface area contributed by atoms with Gasteiger partial charge >= 0.3 is 0 Å². The quantitative estimate of drug-likeness (QED) is 0.477. The summed E-state index contributed by atoms with van der Waals surface area (Å²) < 4.78 is 55.9. The molecule has 2 fully saturated rings. The summed E-state index contributed by atoms with van der Waals surface area (Å²) in [5, 5.41) is 12.8. The van der Waals surface area contributed by atoms with E-state index in [1.54, 1.807) is 12.1 Å². The fraction of sp³-hybridized carbons (Fsp3) is 0.480. The number of piperidine rings is 1. The van der Waals surface area contributed by atoms with E-state index < -0.39 is 27.6 Å². The fourth-order valence-electron chi connectivity index (χ4n) is 5.21. The number of benzene rings is 1. The Morgan fingerprint density at radius 1 is 1.08 bits per heavy atom. The molecule has 0 radical (unpaired) electrons. The van der Waals surface area contributed by atoms with Gasteiger partial charge in [-0.25, -0.2) is 22.2 Å². The van der Waals surface area contributed by atoms with Crippen molar-refractivity contribution in [3.8, 4) is 0 Å². The highest BCUT2D eigenvalue weighted by Crippen LogP contribution is 2.32. The van der Waals surface area contributed by atoms with Gasteiger partial charge in [-0.1, -0.05) is 25.0 Å². The summed E-state index contributed by atoms with van der Waals surface area (Å²) in [6.45, 7) is 0.456. The highest BCUT2D eigenvalue weighted by molar-refractivity contribution is 7.89. The number of anilines is 1. The van der Waals surface area contributed by atoms with Crippen molar-refractivity contribution < 1.29 is 22.3 Å². The highest BCUT2D eigenvalue weighted by atomic mass is 32.2. The highest BCUT2D eigenvalue weighted by Gasteiger charge is 2.30. The van der Waals surface area contributed by atoms with Gasteiger partial charge in [0.2, 0.25) is 16.0 Å². The Balaban J connectivity index is 1.33. The van der Waals surface area contributed by atoms with E-state index in [0.29, 0.717) is 42.5 Å². The summed E-state index contributed by atoms with van der Waals surface area (Å²) in [4.78, 5) is 22.0. The summed E-state index contributed by atoms with van der Waals surface area (Å²) in [6.07, 6.45) is 2.97. The third-order valence-corrected chi connectivity index (χ3v) is 9.17. The number of halogens is 2. The summed E-state index contributed by atoms with van der Waals surface area (Å²) in [6, 6.07) is 7.09. The van der Waals surface area contributed by atoms with E-state index >= 15 is 0 Å². The van der Waals surface area contributed by atoms with Crippen molar-refractivity contribution >= 4 is 27.0 Å². The Morgan fingerprint density at radius 3 is 2.38 bits per heavy atom. The first-order chi connectivity index (χ1) is 17.8. The predicted octanol–water partition coefficient (Wildman–Crippen LogP) is 3.60. The van der Waals surface area contributed by atoms with Crippen LogP contribution in [0.25, 0.3) is 11.0 Å². The minimum atomic E-state index is -3.65. The van der Waals surface area contributed by atoms with Crippen LogP contribution >= 0.6 is 0 Å². The van der Waals surface area contributed by atoms with Gasteiger partial charge in [-0.05, 0) is 49.4 Å². The van der Waals surface area contributed by atoms with Crippen LogP contribution in [-0.2, 0) is 16.6 Å². The van der Waals surface area contributed by atoms with Gasteiger partial charge in [-0.3, -0.25) is 9.36 Å². The number of rotatable bonds is 7. The van der Waals surface area contributed by atoms with Crippen LogP contribution in [0.15, 0.2) is 46.2 Å². The lowest BCUT2D eigenvalue weighted by molar-refractivity contribution is 0.149. The topological polar surface area (TPSA) is 117 Å². The molecule has 1 saturated heterocycles. The Bertz CT molecular complexity index is 1430. The molecular formula is C25H29F2N5O4S. The SMILES string of the molecule is O=c1c(C(F)F)cc2cnc(NC3CCN(S(=O)(=O)c4ccc(CO)cc4)CC3)nc2n1C1CCCC1. The molecule has 1 saturated carbocycles. The molecule has 0 bridgehead atoms. The summed E-state index contributed by atoms with van der Waals surface area (Å²) in [7, 11) is -3.65. The fourth-order valence-corrected chi connectivity index (χ4v) is 6.68. The van der Waals surface area contributed by atoms with Crippen LogP contribution in [0, 0.1) is 0 Å². The largest absolute Gasteiger partial charge is 0.392 e. The van der Waals surface area contributed by atoms with Gasteiger partial charge in [0.25, 0.3) is 12.0 Å². The molecule has 0 spiro atoms. The third kappa shape index (κ3) is 5.10. The van der Waals surface area contributed by atoms with Crippen LogP contribution in [0.5, 0.6) is 0 Å². The minimum absolute atomic E-state index is 0.0901. The normalized spacial score (nSPS) is 18.2. The standard InChI is InChI=1S/C25H29F2N5O4S/c26-22(27)21-13-17-14-28-25(30-23(17)32(24(21)34)19-3-1-2-4-19)29-18-9-11-31(12-10-18)37(35,36)20-7-5-16(15-33)6-8-20/h5-8,13-14,18-19,22,33H,1-4,9-12,15H2,(H,28,29,30). The number of aliphatic hydroxyl groups is 1. The molecule has 1 aliphatic heterocycles. The maximum Gasteiger partial charge on any atom is 0.269 e. The van der Waals surface area contributed by atoms with E-state index in [4.69, 9.17) is 0 Å². The van der Waals surface area contributed by atoms with E-state index in [0.717, 1.165) is 25.7 Å². The molecule has 37 heavy (non-hydrogen) atoms. The number of hydrogen-bond donors (Lipinski definition) is 2.